The third-order valence-corrected chi connectivity index (χ3v) is 3.25. The molecule has 1 fully saturated rings. The van der Waals surface area contributed by atoms with Crippen LogP contribution in [0.4, 0.5) is 0 Å². The second-order valence-corrected chi connectivity index (χ2v) is 4.74. The van der Waals surface area contributed by atoms with Crippen LogP contribution >= 0.6 is 22.9 Å². The van der Waals surface area contributed by atoms with E-state index in [4.69, 9.17) is 11.6 Å². The van der Waals surface area contributed by atoms with E-state index in [0.717, 1.165) is 12.8 Å². The Bertz CT molecular complexity index is 346. The van der Waals surface area contributed by atoms with Crippen molar-refractivity contribution in [2.24, 2.45) is 0 Å². The highest BCUT2D eigenvalue weighted by atomic mass is 35.5. The van der Waals surface area contributed by atoms with E-state index in [-0.39, 0.29) is 11.4 Å². The topological polar surface area (TPSA) is 42.0 Å². The Morgan fingerprint density at radius 1 is 1.77 bits per heavy atom. The van der Waals surface area contributed by atoms with Crippen LogP contribution in [0.1, 0.15) is 29.6 Å². The van der Waals surface area contributed by atoms with Crippen molar-refractivity contribution in [3.05, 3.63) is 15.5 Å². The number of halogens is 1. The first kappa shape index (κ1) is 8.97. The maximum Gasteiger partial charge on any atom is 0.280 e. The zero-order chi connectivity index (χ0) is 9.47. The molecule has 2 rings (SSSR count). The zero-order valence-electron chi connectivity index (χ0n) is 7.13. The second kappa shape index (κ2) is 2.96. The molecule has 70 valence electrons. The maximum absolute atomic E-state index is 11.5. The fourth-order valence-electron chi connectivity index (χ4n) is 0.998. The SMILES string of the molecule is CC1(NC(=O)c2nc(Cl)cs2)CC1. The summed E-state index contributed by atoms with van der Waals surface area (Å²) in [7, 11) is 0. The summed E-state index contributed by atoms with van der Waals surface area (Å²) in [5, 5.41) is 5.40. The van der Waals surface area contributed by atoms with Gasteiger partial charge < -0.3 is 5.32 Å². The summed E-state index contributed by atoms with van der Waals surface area (Å²) in [6, 6.07) is 0. The zero-order valence-corrected chi connectivity index (χ0v) is 8.71. The molecule has 1 aromatic heterocycles. The first-order valence-corrected chi connectivity index (χ1v) is 5.28. The minimum absolute atomic E-state index is 0.00916. The molecule has 0 unspecified atom stereocenters. The summed E-state index contributed by atoms with van der Waals surface area (Å²) < 4.78 is 0. The number of amides is 1. The van der Waals surface area contributed by atoms with Gasteiger partial charge in [0.25, 0.3) is 5.91 Å². The van der Waals surface area contributed by atoms with Crippen molar-refractivity contribution in [2.75, 3.05) is 0 Å². The smallest absolute Gasteiger partial charge is 0.280 e. The van der Waals surface area contributed by atoms with E-state index in [1.807, 2.05) is 6.92 Å². The van der Waals surface area contributed by atoms with Gasteiger partial charge in [0.15, 0.2) is 5.01 Å². The van der Waals surface area contributed by atoms with E-state index in [0.29, 0.717) is 10.2 Å². The van der Waals surface area contributed by atoms with Gasteiger partial charge in [-0.1, -0.05) is 11.6 Å². The number of nitrogens with one attached hydrogen (secondary N) is 1. The van der Waals surface area contributed by atoms with Gasteiger partial charge in [0.2, 0.25) is 0 Å². The van der Waals surface area contributed by atoms with Crippen LogP contribution in [0, 0.1) is 0 Å². The lowest BCUT2D eigenvalue weighted by Gasteiger charge is -2.08. The van der Waals surface area contributed by atoms with E-state index in [2.05, 4.69) is 10.3 Å². The number of rotatable bonds is 2. The van der Waals surface area contributed by atoms with Crippen molar-refractivity contribution >= 4 is 28.8 Å². The standard InChI is InChI=1S/C8H9ClN2OS/c1-8(2-3-8)11-6(12)7-10-5(9)4-13-7/h4H,2-3H2,1H3,(H,11,12). The van der Waals surface area contributed by atoms with E-state index < -0.39 is 0 Å². The molecule has 1 N–H and O–H groups in total. The molecule has 0 aliphatic heterocycles. The summed E-state index contributed by atoms with van der Waals surface area (Å²) >= 11 is 6.88. The van der Waals surface area contributed by atoms with Crippen LogP contribution in [0.2, 0.25) is 5.15 Å². The van der Waals surface area contributed by atoms with Crippen LogP contribution in [-0.2, 0) is 0 Å². The monoisotopic (exact) mass is 216 g/mol. The lowest BCUT2D eigenvalue weighted by Crippen LogP contribution is -2.34. The van der Waals surface area contributed by atoms with Crippen molar-refractivity contribution < 1.29 is 4.79 Å². The summed E-state index contributed by atoms with van der Waals surface area (Å²) in [4.78, 5) is 15.4. The molecule has 0 saturated heterocycles. The molecule has 1 amide bonds. The van der Waals surface area contributed by atoms with Gasteiger partial charge >= 0.3 is 0 Å². The van der Waals surface area contributed by atoms with E-state index in [1.54, 1.807) is 5.38 Å². The van der Waals surface area contributed by atoms with E-state index >= 15 is 0 Å². The lowest BCUT2D eigenvalue weighted by atomic mass is 10.3. The Balaban J connectivity index is 2.05. The van der Waals surface area contributed by atoms with Gasteiger partial charge in [0.05, 0.1) is 0 Å². The van der Waals surface area contributed by atoms with Crippen molar-refractivity contribution in [3.8, 4) is 0 Å². The maximum atomic E-state index is 11.5. The van der Waals surface area contributed by atoms with Crippen LogP contribution in [-0.4, -0.2) is 16.4 Å². The molecule has 0 spiro atoms. The number of carbonyl (C=O) groups excluding carboxylic acids is 1. The molecule has 13 heavy (non-hydrogen) atoms. The number of hydrogen-bond acceptors (Lipinski definition) is 3. The molecule has 0 aromatic carbocycles. The van der Waals surface area contributed by atoms with Gasteiger partial charge in [-0.05, 0) is 19.8 Å². The fourth-order valence-corrected chi connectivity index (χ4v) is 1.84. The van der Waals surface area contributed by atoms with Crippen molar-refractivity contribution in [1.29, 1.82) is 0 Å². The largest absolute Gasteiger partial charge is 0.345 e. The van der Waals surface area contributed by atoms with Crippen molar-refractivity contribution in [1.82, 2.24) is 10.3 Å². The van der Waals surface area contributed by atoms with E-state index in [9.17, 15) is 4.79 Å². The average molecular weight is 217 g/mol. The molecule has 0 bridgehead atoms. The molecule has 1 aliphatic carbocycles. The first-order chi connectivity index (χ1) is 6.09. The predicted molar refractivity (Wildman–Crippen MR) is 52.2 cm³/mol. The summed E-state index contributed by atoms with van der Waals surface area (Å²) in [5.74, 6) is -0.114. The third-order valence-electron chi connectivity index (χ3n) is 2.09. The Labute approximate surface area is 85.1 Å². The van der Waals surface area contributed by atoms with Crippen LogP contribution in [0.5, 0.6) is 0 Å². The van der Waals surface area contributed by atoms with Gasteiger partial charge in [-0.15, -0.1) is 11.3 Å². The van der Waals surface area contributed by atoms with Crippen LogP contribution < -0.4 is 5.32 Å². The van der Waals surface area contributed by atoms with Crippen molar-refractivity contribution in [2.45, 2.75) is 25.3 Å². The highest BCUT2D eigenvalue weighted by Gasteiger charge is 2.39. The molecule has 5 heteroatoms. The van der Waals surface area contributed by atoms with Gasteiger partial charge in [-0.25, -0.2) is 4.98 Å². The van der Waals surface area contributed by atoms with Gasteiger partial charge in [-0.3, -0.25) is 4.79 Å². The summed E-state index contributed by atoms with van der Waals surface area (Å²) in [5.41, 5.74) is 0.00916. The molecule has 0 atom stereocenters. The number of hydrogen-bond donors (Lipinski definition) is 1. The second-order valence-electron chi connectivity index (χ2n) is 3.49. The van der Waals surface area contributed by atoms with Gasteiger partial charge in [0.1, 0.15) is 5.15 Å². The lowest BCUT2D eigenvalue weighted by molar-refractivity contribution is 0.0935. The van der Waals surface area contributed by atoms with Gasteiger partial charge in [-0.2, -0.15) is 0 Å². The Hall–Kier alpha value is -0.610. The minimum Gasteiger partial charge on any atom is -0.345 e. The molecule has 1 aromatic rings. The molecule has 0 radical (unpaired) electrons. The Morgan fingerprint density at radius 2 is 2.46 bits per heavy atom. The molecule has 1 saturated carbocycles. The Morgan fingerprint density at radius 3 is 2.92 bits per heavy atom. The predicted octanol–water partition coefficient (Wildman–Crippen LogP) is 2.08. The third kappa shape index (κ3) is 2.00. The molecule has 1 heterocycles. The highest BCUT2D eigenvalue weighted by molar-refractivity contribution is 7.12. The number of aromatic nitrogens is 1. The van der Waals surface area contributed by atoms with Crippen LogP contribution in [0.3, 0.4) is 0 Å². The molecule has 1 aliphatic rings. The normalized spacial score (nSPS) is 18.3. The summed E-state index contributed by atoms with van der Waals surface area (Å²) in [6.07, 6.45) is 2.11. The van der Waals surface area contributed by atoms with Crippen LogP contribution in [0.15, 0.2) is 5.38 Å². The molecular formula is C8H9ClN2OS. The van der Waals surface area contributed by atoms with Gasteiger partial charge in [0, 0.05) is 10.9 Å². The van der Waals surface area contributed by atoms with Crippen molar-refractivity contribution in [3.63, 3.8) is 0 Å². The fraction of sp³-hybridized carbons (Fsp3) is 0.500. The minimum atomic E-state index is -0.114. The molecular weight excluding hydrogens is 208 g/mol. The average Bonchev–Trinajstić information content (AvgIpc) is 2.62. The Kier molecular flexibility index (Phi) is 2.04. The number of thiazole rings is 1. The number of nitrogens with zero attached hydrogens (tertiary/aromatic N) is 1. The van der Waals surface area contributed by atoms with Crippen LogP contribution in [0.25, 0.3) is 0 Å². The number of carbonyl (C=O) groups is 1. The van der Waals surface area contributed by atoms with E-state index in [1.165, 1.54) is 11.3 Å². The highest BCUT2D eigenvalue weighted by Crippen LogP contribution is 2.34. The quantitative estimate of drug-likeness (QED) is 0.823. The summed E-state index contributed by atoms with van der Waals surface area (Å²) in [6.45, 7) is 2.03. The first-order valence-electron chi connectivity index (χ1n) is 4.03. The molecule has 3 nitrogen and oxygen atoms in total.